The fourth-order valence-corrected chi connectivity index (χ4v) is 7.60. The number of hydrogen-bond acceptors (Lipinski definition) is 9. The molecule has 0 spiro atoms. The molecule has 276 valence electrons. The molecule has 0 bridgehead atoms. The molecule has 6 rings (SSSR count). The van der Waals surface area contributed by atoms with Crippen molar-refractivity contribution in [3.05, 3.63) is 64.0 Å². The standard InChI is InChI=1S/C36H45F4N7O4/c1-20-12-28-29(15-27(20)32-31(36(38,39)40)21(2)13-30(43-32)41-16-23-6-8-26(50-5)9-7-23)42-34(51-19-25-14-24(37)18-45(25)4)44-33(28)47-11-10-46(35(48)49)17-22(47)3/h6-9,13,20,22,24-25,27H,10-12,14-19H2,1-5H3,(H,41,43)(H,48,49)/t20?,22-,24+,25-,27?/m0/s1. The van der Waals surface area contributed by atoms with Crippen LogP contribution in [0.15, 0.2) is 30.3 Å². The summed E-state index contributed by atoms with van der Waals surface area (Å²) in [5, 5.41) is 12.8. The van der Waals surface area contributed by atoms with Gasteiger partial charge in [0.25, 0.3) is 0 Å². The molecule has 2 saturated heterocycles. The molecule has 11 nitrogen and oxygen atoms in total. The average Bonchev–Trinajstić information content (AvgIpc) is 3.41. The highest BCUT2D eigenvalue weighted by Crippen LogP contribution is 2.45. The van der Waals surface area contributed by atoms with Crippen molar-refractivity contribution in [1.82, 2.24) is 24.8 Å². The van der Waals surface area contributed by atoms with Crippen LogP contribution in [0.5, 0.6) is 11.8 Å². The monoisotopic (exact) mass is 715 g/mol. The van der Waals surface area contributed by atoms with Crippen molar-refractivity contribution in [2.45, 2.75) is 76.9 Å². The van der Waals surface area contributed by atoms with Crippen molar-refractivity contribution in [2.24, 2.45) is 5.92 Å². The first-order chi connectivity index (χ1) is 24.2. The van der Waals surface area contributed by atoms with E-state index in [9.17, 15) is 27.5 Å². The van der Waals surface area contributed by atoms with Crippen LogP contribution in [-0.4, -0.2) is 101 Å². The van der Waals surface area contributed by atoms with Crippen molar-refractivity contribution < 1.29 is 36.9 Å². The number of fused-ring (bicyclic) bond motifs is 1. The zero-order valence-corrected chi connectivity index (χ0v) is 29.5. The molecule has 4 heterocycles. The van der Waals surface area contributed by atoms with Gasteiger partial charge in [-0.1, -0.05) is 19.1 Å². The van der Waals surface area contributed by atoms with Crippen LogP contribution in [0.1, 0.15) is 59.8 Å². The van der Waals surface area contributed by atoms with Crippen LogP contribution < -0.4 is 19.7 Å². The zero-order chi connectivity index (χ0) is 36.6. The third kappa shape index (κ3) is 7.92. The van der Waals surface area contributed by atoms with E-state index in [1.54, 1.807) is 7.11 Å². The molecule has 1 aromatic carbocycles. The number of nitrogens with one attached hydrogen (secondary N) is 1. The second kappa shape index (κ2) is 14.7. The van der Waals surface area contributed by atoms with Crippen LogP contribution in [0.4, 0.5) is 34.0 Å². The predicted octanol–water partition coefficient (Wildman–Crippen LogP) is 5.95. The molecule has 2 aliphatic heterocycles. The van der Waals surface area contributed by atoms with E-state index in [0.717, 1.165) is 11.1 Å². The van der Waals surface area contributed by atoms with E-state index < -0.39 is 29.9 Å². The summed E-state index contributed by atoms with van der Waals surface area (Å²) in [5.41, 5.74) is 1.59. The third-order valence-electron chi connectivity index (χ3n) is 10.4. The Labute approximate surface area is 295 Å². The van der Waals surface area contributed by atoms with E-state index in [-0.39, 0.29) is 61.4 Å². The number of anilines is 2. The minimum Gasteiger partial charge on any atom is -0.497 e. The predicted molar refractivity (Wildman–Crippen MR) is 183 cm³/mol. The van der Waals surface area contributed by atoms with Gasteiger partial charge < -0.3 is 29.7 Å². The molecule has 2 N–H and O–H groups in total. The molecule has 15 heteroatoms. The number of aromatic nitrogens is 3. The van der Waals surface area contributed by atoms with E-state index in [0.29, 0.717) is 55.6 Å². The molecular formula is C36H45F4N7O4. The Morgan fingerprint density at radius 3 is 2.45 bits per heavy atom. The van der Waals surface area contributed by atoms with Gasteiger partial charge in [0.1, 0.15) is 30.2 Å². The second-order valence-corrected chi connectivity index (χ2v) is 14.0. The summed E-state index contributed by atoms with van der Waals surface area (Å²) in [7, 11) is 3.41. The van der Waals surface area contributed by atoms with Gasteiger partial charge in [-0.15, -0.1) is 0 Å². The Hall–Kier alpha value is -4.40. The zero-order valence-electron chi connectivity index (χ0n) is 29.5. The number of alkyl halides is 4. The Bertz CT molecular complexity index is 1730. The second-order valence-electron chi connectivity index (χ2n) is 14.0. The molecule has 3 aromatic rings. The number of ether oxygens (including phenoxy) is 2. The van der Waals surface area contributed by atoms with Crippen molar-refractivity contribution in [3.8, 4) is 11.8 Å². The average molecular weight is 716 g/mol. The normalized spacial score (nSPS) is 24.0. The molecule has 2 unspecified atom stereocenters. The maximum absolute atomic E-state index is 14.8. The van der Waals surface area contributed by atoms with Gasteiger partial charge in [0.05, 0.1) is 24.1 Å². The number of nitrogens with zero attached hydrogens (tertiary/aromatic N) is 6. The fourth-order valence-electron chi connectivity index (χ4n) is 7.60. The summed E-state index contributed by atoms with van der Waals surface area (Å²) in [6.07, 6.45) is -5.72. The number of methoxy groups -OCH3 is 1. The smallest absolute Gasteiger partial charge is 0.418 e. The first-order valence-corrected chi connectivity index (χ1v) is 17.3. The van der Waals surface area contributed by atoms with Gasteiger partial charge in [-0.3, -0.25) is 4.90 Å². The summed E-state index contributed by atoms with van der Waals surface area (Å²) in [6.45, 7) is 7.02. The number of aryl methyl sites for hydroxylation is 1. The van der Waals surface area contributed by atoms with Crippen LogP contribution in [0.25, 0.3) is 0 Å². The van der Waals surface area contributed by atoms with Crippen molar-refractivity contribution >= 4 is 17.7 Å². The number of amides is 1. The molecule has 1 amide bonds. The molecule has 3 aliphatic rings. The number of carboxylic acid groups (broad SMARTS) is 1. The minimum atomic E-state index is -4.63. The van der Waals surface area contributed by atoms with Crippen molar-refractivity contribution in [1.29, 1.82) is 0 Å². The van der Waals surface area contributed by atoms with Gasteiger partial charge in [-0.05, 0) is 75.4 Å². The van der Waals surface area contributed by atoms with Crippen molar-refractivity contribution in [2.75, 3.05) is 57.2 Å². The highest BCUT2D eigenvalue weighted by atomic mass is 19.4. The van der Waals surface area contributed by atoms with Gasteiger partial charge in [-0.25, -0.2) is 14.2 Å². The highest BCUT2D eigenvalue weighted by Gasteiger charge is 2.42. The quantitative estimate of drug-likeness (QED) is 0.258. The SMILES string of the molecule is COc1ccc(CNc2cc(C)c(C(F)(F)F)c(C3Cc4nc(OC[C@@H]5C[C@@H](F)CN5C)nc(N5CCN(C(=O)O)C[C@@H]5C)c4CC3C)n2)cc1. The van der Waals surface area contributed by atoms with Crippen LogP contribution >= 0.6 is 0 Å². The van der Waals surface area contributed by atoms with E-state index in [4.69, 9.17) is 19.4 Å². The number of likely N-dealkylation sites (N-methyl/N-ethyl adjacent to an activating group) is 1. The minimum absolute atomic E-state index is 0.0366. The highest BCUT2D eigenvalue weighted by molar-refractivity contribution is 5.66. The van der Waals surface area contributed by atoms with Crippen LogP contribution in [0, 0.1) is 12.8 Å². The summed E-state index contributed by atoms with van der Waals surface area (Å²) in [6, 6.07) is 8.49. The van der Waals surface area contributed by atoms with Crippen molar-refractivity contribution in [3.63, 3.8) is 0 Å². The Morgan fingerprint density at radius 2 is 1.82 bits per heavy atom. The van der Waals surface area contributed by atoms with Gasteiger partial charge in [0.2, 0.25) is 0 Å². The molecule has 0 radical (unpaired) electrons. The van der Waals surface area contributed by atoms with Gasteiger partial charge >= 0.3 is 18.3 Å². The lowest BCUT2D eigenvalue weighted by Gasteiger charge is -2.41. The first-order valence-electron chi connectivity index (χ1n) is 17.3. The van der Waals surface area contributed by atoms with Gasteiger partial charge in [0.15, 0.2) is 0 Å². The van der Waals surface area contributed by atoms with E-state index in [2.05, 4.69) is 10.3 Å². The number of likely N-dealkylation sites (tertiary alicyclic amines) is 1. The topological polar surface area (TPSA) is 116 Å². The number of rotatable bonds is 9. The molecule has 2 fully saturated rings. The lowest BCUT2D eigenvalue weighted by atomic mass is 9.75. The van der Waals surface area contributed by atoms with E-state index >= 15 is 0 Å². The number of piperazine rings is 1. The lowest BCUT2D eigenvalue weighted by molar-refractivity contribution is -0.139. The van der Waals surface area contributed by atoms with E-state index in [1.807, 2.05) is 55.0 Å². The third-order valence-corrected chi connectivity index (χ3v) is 10.4. The molecule has 51 heavy (non-hydrogen) atoms. The number of carbonyl (C=O) groups is 1. The maximum atomic E-state index is 14.8. The van der Waals surface area contributed by atoms with Crippen LogP contribution in [0.3, 0.4) is 0 Å². The molecule has 2 aromatic heterocycles. The number of benzene rings is 1. The Balaban J connectivity index is 1.35. The largest absolute Gasteiger partial charge is 0.497 e. The fraction of sp³-hybridized carbons (Fsp3) is 0.556. The summed E-state index contributed by atoms with van der Waals surface area (Å²) >= 11 is 0. The number of pyridine rings is 1. The van der Waals surface area contributed by atoms with E-state index in [1.165, 1.54) is 17.9 Å². The van der Waals surface area contributed by atoms with Crippen LogP contribution in [0.2, 0.25) is 0 Å². The summed E-state index contributed by atoms with van der Waals surface area (Å²) < 4.78 is 69.7. The summed E-state index contributed by atoms with van der Waals surface area (Å²) in [4.78, 5) is 31.2. The molecule has 0 saturated carbocycles. The lowest BCUT2D eigenvalue weighted by Crippen LogP contribution is -2.54. The molecule has 5 atom stereocenters. The Morgan fingerprint density at radius 1 is 1.08 bits per heavy atom. The first kappa shape index (κ1) is 36.4. The molecule has 1 aliphatic carbocycles. The maximum Gasteiger partial charge on any atom is 0.418 e. The Kier molecular flexibility index (Phi) is 10.5. The number of hydrogen-bond donors (Lipinski definition) is 2. The van der Waals surface area contributed by atoms with Gasteiger partial charge in [0, 0.05) is 56.3 Å². The summed E-state index contributed by atoms with van der Waals surface area (Å²) in [5.74, 6) is 0.749. The van der Waals surface area contributed by atoms with Gasteiger partial charge in [-0.2, -0.15) is 23.1 Å². The molecular weight excluding hydrogens is 670 g/mol. The van der Waals surface area contributed by atoms with Crippen LogP contribution in [-0.2, 0) is 25.6 Å². The number of halogens is 4.